The number of halogens is 2. The number of hydrogen-bond acceptors (Lipinski definition) is 3. The summed E-state index contributed by atoms with van der Waals surface area (Å²) < 4.78 is 30.9. The van der Waals surface area contributed by atoms with Gasteiger partial charge in [-0.25, -0.2) is 8.78 Å². The highest BCUT2D eigenvalue weighted by Gasteiger charge is 2.13. The molecule has 1 aromatic carbocycles. The molecule has 0 unspecified atom stereocenters. The van der Waals surface area contributed by atoms with Crippen LogP contribution in [0.1, 0.15) is 5.56 Å². The molecule has 0 atom stereocenters. The van der Waals surface area contributed by atoms with E-state index in [4.69, 9.17) is 5.73 Å². The summed E-state index contributed by atoms with van der Waals surface area (Å²) in [6, 6.07) is 2.02. The van der Waals surface area contributed by atoms with E-state index in [9.17, 15) is 8.78 Å². The normalized spacial score (nSPS) is 10.6. The third kappa shape index (κ3) is 1.56. The molecule has 0 spiro atoms. The maximum absolute atomic E-state index is 13.2. The average Bonchev–Trinajstić information content (AvgIpc) is 2.58. The Morgan fingerprint density at radius 3 is 2.60 bits per heavy atom. The molecule has 0 radical (unpaired) electrons. The van der Waals surface area contributed by atoms with Crippen LogP contribution in [0.3, 0.4) is 0 Å². The summed E-state index contributed by atoms with van der Waals surface area (Å²) in [6.45, 7) is 1.54. The van der Waals surface area contributed by atoms with Gasteiger partial charge in [-0.3, -0.25) is 0 Å². The summed E-state index contributed by atoms with van der Waals surface area (Å²) in [6.07, 6.45) is 1.33. The predicted molar refractivity (Wildman–Crippen MR) is 51.0 cm³/mol. The fourth-order valence-corrected chi connectivity index (χ4v) is 1.38. The fourth-order valence-electron chi connectivity index (χ4n) is 1.38. The van der Waals surface area contributed by atoms with E-state index in [1.54, 1.807) is 0 Å². The van der Waals surface area contributed by atoms with Crippen LogP contribution in [0.5, 0.6) is 0 Å². The summed E-state index contributed by atoms with van der Waals surface area (Å²) in [5.74, 6) is -1.23. The van der Waals surface area contributed by atoms with Gasteiger partial charge < -0.3 is 10.3 Å². The van der Waals surface area contributed by atoms with Crippen LogP contribution < -0.4 is 5.73 Å². The second kappa shape index (κ2) is 3.34. The van der Waals surface area contributed by atoms with Gasteiger partial charge in [0.1, 0.15) is 11.6 Å². The lowest BCUT2D eigenvalue weighted by molar-refractivity contribution is 0.436. The lowest BCUT2D eigenvalue weighted by Gasteiger charge is -2.04. The van der Waals surface area contributed by atoms with E-state index in [1.807, 2.05) is 0 Å². The minimum atomic E-state index is -0.659. The Morgan fingerprint density at radius 1 is 1.27 bits per heavy atom. The molecule has 1 heterocycles. The van der Waals surface area contributed by atoms with Gasteiger partial charge in [0.2, 0.25) is 5.88 Å². The van der Waals surface area contributed by atoms with Crippen molar-refractivity contribution in [3.8, 4) is 11.1 Å². The van der Waals surface area contributed by atoms with E-state index < -0.39 is 11.6 Å². The van der Waals surface area contributed by atoms with Crippen molar-refractivity contribution in [2.45, 2.75) is 6.92 Å². The van der Waals surface area contributed by atoms with Gasteiger partial charge in [0.05, 0.1) is 11.8 Å². The van der Waals surface area contributed by atoms with Crippen molar-refractivity contribution in [1.29, 1.82) is 0 Å². The number of nitrogens with zero attached hydrogens (tertiary/aromatic N) is 1. The van der Waals surface area contributed by atoms with Crippen LogP contribution in [0.25, 0.3) is 11.1 Å². The molecule has 0 aliphatic rings. The molecule has 15 heavy (non-hydrogen) atoms. The SMILES string of the molecule is Cc1c(F)cc(F)cc1-c1cnoc1N. The van der Waals surface area contributed by atoms with Gasteiger partial charge >= 0.3 is 0 Å². The van der Waals surface area contributed by atoms with Crippen molar-refractivity contribution in [2.75, 3.05) is 5.73 Å². The number of nitrogen functional groups attached to an aromatic ring is 1. The van der Waals surface area contributed by atoms with Crippen molar-refractivity contribution < 1.29 is 13.3 Å². The highest BCUT2D eigenvalue weighted by atomic mass is 19.1. The maximum atomic E-state index is 13.2. The Kier molecular flexibility index (Phi) is 2.15. The third-order valence-electron chi connectivity index (χ3n) is 2.20. The number of rotatable bonds is 1. The average molecular weight is 210 g/mol. The monoisotopic (exact) mass is 210 g/mol. The number of aromatic nitrogens is 1. The topological polar surface area (TPSA) is 52.0 Å². The Labute approximate surface area is 84.5 Å². The molecule has 0 fully saturated rings. The van der Waals surface area contributed by atoms with Crippen molar-refractivity contribution in [1.82, 2.24) is 5.16 Å². The van der Waals surface area contributed by atoms with E-state index in [2.05, 4.69) is 9.68 Å². The van der Waals surface area contributed by atoms with Gasteiger partial charge in [-0.15, -0.1) is 0 Å². The van der Waals surface area contributed by atoms with Gasteiger partial charge in [0.25, 0.3) is 0 Å². The number of benzene rings is 1. The largest absolute Gasteiger partial charge is 0.367 e. The molecule has 78 valence electrons. The van der Waals surface area contributed by atoms with Crippen LogP contribution in [0.4, 0.5) is 14.7 Å². The summed E-state index contributed by atoms with van der Waals surface area (Å²) >= 11 is 0. The van der Waals surface area contributed by atoms with Gasteiger partial charge in [-0.1, -0.05) is 5.16 Å². The first-order valence-electron chi connectivity index (χ1n) is 4.25. The molecule has 3 nitrogen and oxygen atoms in total. The van der Waals surface area contributed by atoms with E-state index in [-0.39, 0.29) is 5.88 Å². The van der Waals surface area contributed by atoms with Crippen LogP contribution >= 0.6 is 0 Å². The standard InChI is InChI=1S/C10H8F2N2O/c1-5-7(2-6(11)3-9(5)12)8-4-14-15-10(8)13/h2-4H,13H2,1H3. The fraction of sp³-hybridized carbons (Fsp3) is 0.100. The molecule has 2 N–H and O–H groups in total. The molecule has 2 aromatic rings. The second-order valence-corrected chi connectivity index (χ2v) is 3.16. The van der Waals surface area contributed by atoms with E-state index in [0.29, 0.717) is 16.7 Å². The van der Waals surface area contributed by atoms with Gasteiger partial charge in [0, 0.05) is 6.07 Å². The Morgan fingerprint density at radius 2 is 2.00 bits per heavy atom. The first-order valence-corrected chi connectivity index (χ1v) is 4.25. The summed E-state index contributed by atoms with van der Waals surface area (Å²) in [5.41, 5.74) is 6.53. The summed E-state index contributed by atoms with van der Waals surface area (Å²) in [4.78, 5) is 0. The molecule has 1 aromatic heterocycles. The van der Waals surface area contributed by atoms with Crippen LogP contribution in [-0.4, -0.2) is 5.16 Å². The number of nitrogens with two attached hydrogens (primary N) is 1. The number of hydrogen-bond donors (Lipinski definition) is 1. The van der Waals surface area contributed by atoms with E-state index in [0.717, 1.165) is 6.07 Å². The lowest BCUT2D eigenvalue weighted by atomic mass is 10.0. The second-order valence-electron chi connectivity index (χ2n) is 3.16. The predicted octanol–water partition coefficient (Wildman–Crippen LogP) is 2.51. The quantitative estimate of drug-likeness (QED) is 0.786. The molecule has 0 amide bonds. The van der Waals surface area contributed by atoms with Crippen molar-refractivity contribution in [3.63, 3.8) is 0 Å². The van der Waals surface area contributed by atoms with Crippen molar-refractivity contribution in [2.24, 2.45) is 0 Å². The minimum Gasteiger partial charge on any atom is -0.367 e. The van der Waals surface area contributed by atoms with Crippen molar-refractivity contribution >= 4 is 5.88 Å². The van der Waals surface area contributed by atoms with Crippen LogP contribution in [0, 0.1) is 18.6 Å². The van der Waals surface area contributed by atoms with Crippen molar-refractivity contribution in [3.05, 3.63) is 35.5 Å². The molecule has 2 rings (SSSR count). The Bertz CT molecular complexity index is 508. The Balaban J connectivity index is 2.68. The first kappa shape index (κ1) is 9.64. The van der Waals surface area contributed by atoms with Crippen LogP contribution in [0.2, 0.25) is 0 Å². The molecule has 0 saturated carbocycles. The van der Waals surface area contributed by atoms with Gasteiger partial charge in [-0.05, 0) is 24.1 Å². The minimum absolute atomic E-state index is 0.0445. The van der Waals surface area contributed by atoms with Gasteiger partial charge in [-0.2, -0.15) is 0 Å². The maximum Gasteiger partial charge on any atom is 0.229 e. The summed E-state index contributed by atoms with van der Waals surface area (Å²) in [5, 5.41) is 3.45. The molecule has 0 bridgehead atoms. The van der Waals surface area contributed by atoms with Crippen LogP contribution in [0.15, 0.2) is 22.9 Å². The summed E-state index contributed by atoms with van der Waals surface area (Å²) in [7, 11) is 0. The van der Waals surface area contributed by atoms with Gasteiger partial charge in [0.15, 0.2) is 0 Å². The highest BCUT2D eigenvalue weighted by Crippen LogP contribution is 2.30. The molecule has 5 heteroatoms. The zero-order chi connectivity index (χ0) is 11.0. The molecular weight excluding hydrogens is 202 g/mol. The molecule has 0 saturated heterocycles. The van der Waals surface area contributed by atoms with E-state index in [1.165, 1.54) is 19.2 Å². The third-order valence-corrected chi connectivity index (χ3v) is 2.20. The highest BCUT2D eigenvalue weighted by molar-refractivity contribution is 5.74. The molecule has 0 aliphatic heterocycles. The number of anilines is 1. The molecule has 0 aliphatic carbocycles. The molecular formula is C10H8F2N2O. The van der Waals surface area contributed by atoms with E-state index >= 15 is 0 Å². The zero-order valence-electron chi connectivity index (χ0n) is 7.92. The smallest absolute Gasteiger partial charge is 0.229 e. The lowest BCUT2D eigenvalue weighted by Crippen LogP contribution is -1.92. The van der Waals surface area contributed by atoms with Crippen LogP contribution in [-0.2, 0) is 0 Å². The zero-order valence-corrected chi connectivity index (χ0v) is 7.92. The Hall–Kier alpha value is -1.91. The first-order chi connectivity index (χ1) is 7.09.